The summed E-state index contributed by atoms with van der Waals surface area (Å²) in [5, 5.41) is 24.9. The number of benzene rings is 1. The van der Waals surface area contributed by atoms with Crippen LogP contribution in [0.2, 0.25) is 0 Å². The lowest BCUT2D eigenvalue weighted by molar-refractivity contribution is 0.0779. The molecule has 3 rings (SSSR count). The molecule has 0 aliphatic carbocycles. The fourth-order valence-electron chi connectivity index (χ4n) is 3.02. The van der Waals surface area contributed by atoms with Crippen molar-refractivity contribution >= 4 is 33.2 Å². The number of rotatable bonds is 4. The number of nitrogens with zero attached hydrogens (tertiary/aromatic N) is 2. The van der Waals surface area contributed by atoms with Gasteiger partial charge in [-0.3, -0.25) is 24.2 Å². The van der Waals surface area contributed by atoms with Gasteiger partial charge in [-0.25, -0.2) is 0 Å². The van der Waals surface area contributed by atoms with Gasteiger partial charge in [0.15, 0.2) is 5.75 Å². The average molecular weight is 439 g/mol. The Morgan fingerprint density at radius 2 is 2.15 bits per heavy atom. The minimum Gasteiger partial charge on any atom is -0.505 e. The number of H-pyrrole nitrogens is 1. The molecular formula is C17H19BrN4O5. The zero-order valence-corrected chi connectivity index (χ0v) is 16.1. The highest BCUT2D eigenvalue weighted by Gasteiger charge is 2.28. The molecule has 2 aromatic rings. The van der Waals surface area contributed by atoms with E-state index in [1.54, 1.807) is 11.0 Å². The summed E-state index contributed by atoms with van der Waals surface area (Å²) in [7, 11) is 1.39. The highest BCUT2D eigenvalue weighted by Crippen LogP contribution is 2.32. The molecule has 1 amide bonds. The molecule has 1 aromatic heterocycles. The van der Waals surface area contributed by atoms with Crippen molar-refractivity contribution in [2.24, 2.45) is 13.0 Å². The summed E-state index contributed by atoms with van der Waals surface area (Å²) in [6.45, 7) is 0.936. The van der Waals surface area contributed by atoms with Gasteiger partial charge in [0.25, 0.3) is 17.0 Å². The third-order valence-corrected chi connectivity index (χ3v) is 5.32. The fourth-order valence-corrected chi connectivity index (χ4v) is 3.38. The number of aliphatic hydroxyl groups is 1. The molecule has 1 atom stereocenters. The van der Waals surface area contributed by atoms with E-state index < -0.39 is 11.1 Å². The lowest BCUT2D eigenvalue weighted by atomic mass is 10.1. The number of aromatic amines is 1. The molecule has 2 heterocycles. The Balaban J connectivity index is 1.94. The van der Waals surface area contributed by atoms with Crippen molar-refractivity contribution < 1.29 is 15.0 Å². The van der Waals surface area contributed by atoms with E-state index >= 15 is 0 Å². The summed E-state index contributed by atoms with van der Waals surface area (Å²) in [4.78, 5) is 38.4. The summed E-state index contributed by atoms with van der Waals surface area (Å²) in [6, 6.07) is 4.56. The second-order valence-electron chi connectivity index (χ2n) is 6.41. The van der Waals surface area contributed by atoms with Gasteiger partial charge in [0.1, 0.15) is 10.2 Å². The van der Waals surface area contributed by atoms with Crippen molar-refractivity contribution in [3.63, 3.8) is 0 Å². The van der Waals surface area contributed by atoms with Crippen molar-refractivity contribution in [3.8, 4) is 5.75 Å². The zero-order chi connectivity index (χ0) is 19.7. The Hall–Kier alpha value is -2.59. The van der Waals surface area contributed by atoms with Crippen LogP contribution in [0.3, 0.4) is 0 Å². The van der Waals surface area contributed by atoms with E-state index in [1.807, 2.05) is 0 Å². The lowest BCUT2D eigenvalue weighted by Gasteiger charge is -2.18. The number of carbonyl (C=O) groups is 1. The molecule has 1 saturated heterocycles. The van der Waals surface area contributed by atoms with E-state index in [-0.39, 0.29) is 45.6 Å². The number of aromatic hydroxyl groups is 1. The standard InChI is InChI=1S/C17H19BrN4O5/c1-21-17(27)13(12(18)15(25)20-21)19-11-4-2-3-10(14(11)24)16(26)22-6-5-9(7-22)8-23/h2-4,9,19,23-24H,5-8H2,1H3,(H,20,25)/t9-/m0/s1. The molecule has 0 unspecified atom stereocenters. The van der Waals surface area contributed by atoms with Crippen LogP contribution in [-0.4, -0.2) is 50.5 Å². The van der Waals surface area contributed by atoms with E-state index in [1.165, 1.54) is 19.2 Å². The minimum atomic E-state index is -0.515. The van der Waals surface area contributed by atoms with Crippen LogP contribution in [0.4, 0.5) is 11.4 Å². The van der Waals surface area contributed by atoms with Gasteiger partial charge in [0, 0.05) is 32.7 Å². The Kier molecular flexibility index (Phi) is 5.38. The number of nitrogens with one attached hydrogen (secondary N) is 2. The monoisotopic (exact) mass is 438 g/mol. The number of phenols is 1. The Morgan fingerprint density at radius 3 is 2.81 bits per heavy atom. The molecule has 4 N–H and O–H groups in total. The molecule has 0 radical (unpaired) electrons. The first-order valence-electron chi connectivity index (χ1n) is 8.31. The molecule has 1 aromatic carbocycles. The first-order chi connectivity index (χ1) is 12.8. The molecule has 0 bridgehead atoms. The lowest BCUT2D eigenvalue weighted by Crippen LogP contribution is -2.30. The second-order valence-corrected chi connectivity index (χ2v) is 7.20. The van der Waals surface area contributed by atoms with Crippen LogP contribution in [0.15, 0.2) is 32.3 Å². The quantitative estimate of drug-likeness (QED) is 0.521. The maximum absolute atomic E-state index is 12.7. The molecule has 1 fully saturated rings. The van der Waals surface area contributed by atoms with E-state index in [4.69, 9.17) is 0 Å². The number of anilines is 2. The maximum Gasteiger partial charge on any atom is 0.289 e. The first-order valence-corrected chi connectivity index (χ1v) is 9.10. The van der Waals surface area contributed by atoms with Crippen LogP contribution in [0.1, 0.15) is 16.8 Å². The highest BCUT2D eigenvalue weighted by molar-refractivity contribution is 9.10. The van der Waals surface area contributed by atoms with Gasteiger partial charge in [-0.2, -0.15) is 0 Å². The van der Waals surface area contributed by atoms with Crippen LogP contribution >= 0.6 is 15.9 Å². The number of aryl methyl sites for hydroxylation is 1. The van der Waals surface area contributed by atoms with Crippen molar-refractivity contribution in [2.45, 2.75) is 6.42 Å². The highest BCUT2D eigenvalue weighted by atomic mass is 79.9. The van der Waals surface area contributed by atoms with Crippen LogP contribution in [0.25, 0.3) is 0 Å². The summed E-state index contributed by atoms with van der Waals surface area (Å²) in [5.74, 6) is -0.637. The van der Waals surface area contributed by atoms with Crippen LogP contribution in [-0.2, 0) is 7.05 Å². The minimum absolute atomic E-state index is 0.00735. The largest absolute Gasteiger partial charge is 0.505 e. The molecule has 10 heteroatoms. The zero-order valence-electron chi connectivity index (χ0n) is 14.5. The topological polar surface area (TPSA) is 128 Å². The van der Waals surface area contributed by atoms with E-state index in [0.29, 0.717) is 19.5 Å². The molecule has 144 valence electrons. The number of likely N-dealkylation sites (tertiary alicyclic amines) is 1. The number of aliphatic hydroxyl groups excluding tert-OH is 1. The van der Waals surface area contributed by atoms with Gasteiger partial charge in [0.05, 0.1) is 11.3 Å². The summed E-state index contributed by atoms with van der Waals surface area (Å²) in [5.41, 5.74) is -0.873. The number of carbonyl (C=O) groups excluding carboxylic acids is 1. The summed E-state index contributed by atoms with van der Waals surface area (Å²) >= 11 is 3.06. The van der Waals surface area contributed by atoms with E-state index in [9.17, 15) is 24.6 Å². The number of hydrogen-bond acceptors (Lipinski definition) is 6. The van der Waals surface area contributed by atoms with Crippen LogP contribution < -0.4 is 16.4 Å². The normalized spacial score (nSPS) is 16.6. The molecule has 9 nitrogen and oxygen atoms in total. The number of hydrogen-bond donors (Lipinski definition) is 4. The SMILES string of the molecule is Cn1[nH]c(=O)c(Br)c(Nc2cccc(C(=O)N3CC[C@H](CO)C3)c2O)c1=O. The summed E-state index contributed by atoms with van der Waals surface area (Å²) < 4.78 is 1.01. The van der Waals surface area contributed by atoms with Gasteiger partial charge in [-0.15, -0.1) is 0 Å². The van der Waals surface area contributed by atoms with E-state index in [0.717, 1.165) is 4.68 Å². The average Bonchev–Trinajstić information content (AvgIpc) is 3.13. The predicted molar refractivity (Wildman–Crippen MR) is 102 cm³/mol. The molecule has 27 heavy (non-hydrogen) atoms. The van der Waals surface area contributed by atoms with Crippen LogP contribution in [0, 0.1) is 5.92 Å². The first kappa shape index (κ1) is 19.2. The molecular weight excluding hydrogens is 420 g/mol. The van der Waals surface area contributed by atoms with Gasteiger partial charge >= 0.3 is 0 Å². The van der Waals surface area contributed by atoms with Crippen molar-refractivity contribution in [3.05, 3.63) is 48.9 Å². The number of amides is 1. The van der Waals surface area contributed by atoms with Crippen molar-refractivity contribution in [2.75, 3.05) is 25.0 Å². The third-order valence-electron chi connectivity index (χ3n) is 4.56. The number of para-hydroxylation sites is 1. The molecule has 1 aliphatic heterocycles. The molecule has 1 aliphatic rings. The number of aromatic nitrogens is 2. The summed E-state index contributed by atoms with van der Waals surface area (Å²) in [6.07, 6.45) is 0.705. The smallest absolute Gasteiger partial charge is 0.289 e. The Morgan fingerprint density at radius 1 is 1.41 bits per heavy atom. The number of halogens is 1. The Bertz CT molecular complexity index is 1000. The Labute approximate surface area is 162 Å². The molecule has 0 saturated carbocycles. The molecule has 0 spiro atoms. The predicted octanol–water partition coefficient (Wildman–Crippen LogP) is 0.740. The van der Waals surface area contributed by atoms with Gasteiger partial charge in [-0.05, 0) is 34.5 Å². The van der Waals surface area contributed by atoms with Crippen molar-refractivity contribution in [1.29, 1.82) is 0 Å². The second kappa shape index (κ2) is 7.57. The maximum atomic E-state index is 12.7. The number of phenolic OH excluding ortho intramolecular Hbond substituents is 1. The van der Waals surface area contributed by atoms with Crippen LogP contribution in [0.5, 0.6) is 5.75 Å². The third kappa shape index (κ3) is 3.62. The fraction of sp³-hybridized carbons (Fsp3) is 0.353. The van der Waals surface area contributed by atoms with Gasteiger partial charge < -0.3 is 20.4 Å². The van der Waals surface area contributed by atoms with E-state index in [2.05, 4.69) is 26.3 Å². The van der Waals surface area contributed by atoms with Gasteiger partial charge in [0.2, 0.25) is 0 Å². The van der Waals surface area contributed by atoms with Crippen molar-refractivity contribution in [1.82, 2.24) is 14.7 Å². The van der Waals surface area contributed by atoms with Gasteiger partial charge in [-0.1, -0.05) is 6.07 Å².